The molecule has 1 amide bonds. The maximum absolute atomic E-state index is 11.4. The Labute approximate surface area is 102 Å². The molecule has 0 fully saturated rings. The van der Waals surface area contributed by atoms with Crippen molar-refractivity contribution < 1.29 is 4.79 Å². The minimum Gasteiger partial charge on any atom is -0.349 e. The molecule has 16 heavy (non-hydrogen) atoms. The fourth-order valence-electron chi connectivity index (χ4n) is 0.960. The molecule has 4 heteroatoms. The lowest BCUT2D eigenvalue weighted by atomic mass is 10.2. The first-order chi connectivity index (χ1) is 7.51. The largest absolute Gasteiger partial charge is 0.349 e. The van der Waals surface area contributed by atoms with E-state index in [0.717, 1.165) is 4.91 Å². The van der Waals surface area contributed by atoms with E-state index in [1.54, 1.807) is 42.9 Å². The highest BCUT2D eigenvalue weighted by Gasteiger charge is 2.11. The van der Waals surface area contributed by atoms with Gasteiger partial charge in [-0.1, -0.05) is 25.3 Å². The fraction of sp³-hybridized carbons (Fsp3) is 0.417. The first-order valence-electron chi connectivity index (χ1n) is 5.05. The number of thioether (sulfide) groups is 1. The van der Waals surface area contributed by atoms with Gasteiger partial charge < -0.3 is 10.6 Å². The summed E-state index contributed by atoms with van der Waals surface area (Å²) >= 11 is 1.58. The van der Waals surface area contributed by atoms with Gasteiger partial charge in [-0.15, -0.1) is 11.8 Å². The van der Waals surface area contributed by atoms with Gasteiger partial charge in [0.1, 0.15) is 0 Å². The predicted octanol–water partition coefficient (Wildman–Crippen LogP) is 1.78. The maximum atomic E-state index is 11.4. The minimum absolute atomic E-state index is 0.0564. The van der Waals surface area contributed by atoms with Crippen LogP contribution in [-0.4, -0.2) is 36.7 Å². The topological polar surface area (TPSA) is 46.3 Å². The van der Waals surface area contributed by atoms with E-state index < -0.39 is 0 Å². The third-order valence-electron chi connectivity index (χ3n) is 1.88. The molecule has 0 aliphatic carbocycles. The van der Waals surface area contributed by atoms with Crippen molar-refractivity contribution in [2.75, 3.05) is 19.8 Å². The number of rotatable bonds is 7. The fourth-order valence-corrected chi connectivity index (χ4v) is 1.79. The molecule has 3 nitrogen and oxygen atoms in total. The molecule has 0 saturated carbocycles. The van der Waals surface area contributed by atoms with Gasteiger partial charge in [0.25, 0.3) is 0 Å². The summed E-state index contributed by atoms with van der Waals surface area (Å²) in [4.78, 5) is 13.9. The van der Waals surface area contributed by atoms with Crippen molar-refractivity contribution in [1.82, 2.24) is 4.90 Å². The van der Waals surface area contributed by atoms with Crippen molar-refractivity contribution in [1.29, 1.82) is 0 Å². The third-order valence-corrected chi connectivity index (χ3v) is 3.11. The summed E-state index contributed by atoms with van der Waals surface area (Å²) in [5.41, 5.74) is 5.86. The monoisotopic (exact) mass is 240 g/mol. The van der Waals surface area contributed by atoms with E-state index in [-0.39, 0.29) is 11.9 Å². The Balaban J connectivity index is 4.02. The van der Waals surface area contributed by atoms with Gasteiger partial charge in [-0.3, -0.25) is 4.79 Å². The number of carbonyl (C=O) groups excluding carboxylic acids is 1. The normalized spacial score (nSPS) is 13.1. The smallest absolute Gasteiger partial charge is 0.223 e. The van der Waals surface area contributed by atoms with E-state index in [1.165, 1.54) is 0 Å². The molecule has 0 aromatic rings. The molecule has 0 heterocycles. The van der Waals surface area contributed by atoms with E-state index in [0.29, 0.717) is 12.2 Å². The van der Waals surface area contributed by atoms with Crippen LogP contribution in [0.15, 0.2) is 36.3 Å². The second kappa shape index (κ2) is 8.19. The predicted molar refractivity (Wildman–Crippen MR) is 72.2 cm³/mol. The molecule has 1 atom stereocenters. The van der Waals surface area contributed by atoms with Gasteiger partial charge in [0.05, 0.1) is 0 Å². The maximum Gasteiger partial charge on any atom is 0.223 e. The molecule has 0 aliphatic heterocycles. The Morgan fingerprint density at radius 2 is 2.12 bits per heavy atom. The summed E-state index contributed by atoms with van der Waals surface area (Å²) < 4.78 is 0. The van der Waals surface area contributed by atoms with Crippen molar-refractivity contribution in [3.63, 3.8) is 0 Å². The number of amides is 1. The second-order valence-electron chi connectivity index (χ2n) is 3.57. The Hall–Kier alpha value is -1.00. The molecular weight excluding hydrogens is 220 g/mol. The minimum atomic E-state index is -0.131. The Kier molecular flexibility index (Phi) is 7.68. The lowest BCUT2D eigenvalue weighted by Crippen LogP contribution is -2.32. The van der Waals surface area contributed by atoms with E-state index >= 15 is 0 Å². The Bertz CT molecular complexity index is 285. The average molecular weight is 240 g/mol. The van der Waals surface area contributed by atoms with Gasteiger partial charge in [-0.05, 0) is 6.08 Å². The molecule has 1 unspecified atom stereocenters. The van der Waals surface area contributed by atoms with Crippen LogP contribution in [0.2, 0.25) is 0 Å². The lowest BCUT2D eigenvalue weighted by Gasteiger charge is -2.14. The summed E-state index contributed by atoms with van der Waals surface area (Å²) in [6.45, 7) is 7.31. The van der Waals surface area contributed by atoms with Crippen molar-refractivity contribution in [2.24, 2.45) is 5.73 Å². The molecule has 0 aliphatic rings. The van der Waals surface area contributed by atoms with Crippen LogP contribution in [0.4, 0.5) is 0 Å². The summed E-state index contributed by atoms with van der Waals surface area (Å²) in [6.07, 6.45) is 5.71. The number of carbonyl (C=O) groups is 1. The summed E-state index contributed by atoms with van der Waals surface area (Å²) in [5, 5.41) is 0. The SMILES string of the molecule is C=C/C=C(\C=C)SCC(N)CC(=O)N(C)C. The third kappa shape index (κ3) is 6.48. The molecule has 0 saturated heterocycles. The molecule has 0 radical (unpaired) electrons. The van der Waals surface area contributed by atoms with Gasteiger partial charge in [-0.25, -0.2) is 0 Å². The molecule has 0 spiro atoms. The molecule has 0 rings (SSSR count). The van der Waals surface area contributed by atoms with Gasteiger partial charge >= 0.3 is 0 Å². The zero-order chi connectivity index (χ0) is 12.6. The zero-order valence-corrected chi connectivity index (χ0v) is 10.8. The van der Waals surface area contributed by atoms with Crippen LogP contribution in [0, 0.1) is 0 Å². The highest BCUT2D eigenvalue weighted by Crippen LogP contribution is 2.18. The van der Waals surface area contributed by atoms with Crippen molar-refractivity contribution in [2.45, 2.75) is 12.5 Å². The number of allylic oxidation sites excluding steroid dienone is 3. The van der Waals surface area contributed by atoms with Crippen LogP contribution in [0.1, 0.15) is 6.42 Å². The van der Waals surface area contributed by atoms with E-state index in [9.17, 15) is 4.79 Å². The van der Waals surface area contributed by atoms with Crippen LogP contribution >= 0.6 is 11.8 Å². The van der Waals surface area contributed by atoms with Gasteiger partial charge in [-0.2, -0.15) is 0 Å². The Morgan fingerprint density at radius 3 is 2.56 bits per heavy atom. The zero-order valence-electron chi connectivity index (χ0n) is 9.98. The van der Waals surface area contributed by atoms with Crippen LogP contribution in [0.3, 0.4) is 0 Å². The summed E-state index contributed by atoms with van der Waals surface area (Å²) in [6, 6.07) is -0.131. The highest BCUT2D eigenvalue weighted by atomic mass is 32.2. The van der Waals surface area contributed by atoms with E-state index in [2.05, 4.69) is 13.2 Å². The van der Waals surface area contributed by atoms with Crippen LogP contribution in [0.25, 0.3) is 0 Å². The van der Waals surface area contributed by atoms with Gasteiger partial charge in [0.2, 0.25) is 5.91 Å². The number of nitrogens with two attached hydrogens (primary N) is 1. The average Bonchev–Trinajstić information content (AvgIpc) is 2.23. The summed E-state index contributed by atoms with van der Waals surface area (Å²) in [5.74, 6) is 0.756. The number of hydrogen-bond donors (Lipinski definition) is 1. The van der Waals surface area contributed by atoms with Crippen LogP contribution in [0.5, 0.6) is 0 Å². The molecule has 90 valence electrons. The molecule has 0 aromatic carbocycles. The first-order valence-corrected chi connectivity index (χ1v) is 6.03. The van der Waals surface area contributed by atoms with Gasteiger partial charge in [0.15, 0.2) is 0 Å². The van der Waals surface area contributed by atoms with Crippen molar-refractivity contribution in [3.05, 3.63) is 36.3 Å². The quantitative estimate of drug-likeness (QED) is 0.690. The second-order valence-corrected chi connectivity index (χ2v) is 4.67. The van der Waals surface area contributed by atoms with Crippen molar-refractivity contribution >= 4 is 17.7 Å². The number of hydrogen-bond acceptors (Lipinski definition) is 3. The van der Waals surface area contributed by atoms with E-state index in [1.807, 2.05) is 6.08 Å². The highest BCUT2D eigenvalue weighted by molar-refractivity contribution is 8.03. The molecular formula is C12H20N2OS. The standard InChI is InChI=1S/C12H20N2OS/c1-5-7-11(6-2)16-9-10(13)8-12(15)14(3)4/h5-7,10H,1-2,8-9,13H2,3-4H3/b11-7+. The van der Waals surface area contributed by atoms with Crippen LogP contribution in [-0.2, 0) is 4.79 Å². The Morgan fingerprint density at radius 1 is 1.50 bits per heavy atom. The van der Waals surface area contributed by atoms with Crippen LogP contribution < -0.4 is 5.73 Å². The molecule has 0 aromatic heterocycles. The van der Waals surface area contributed by atoms with Crippen molar-refractivity contribution in [3.8, 4) is 0 Å². The van der Waals surface area contributed by atoms with Gasteiger partial charge in [0, 0.05) is 37.2 Å². The lowest BCUT2D eigenvalue weighted by molar-refractivity contribution is -0.128. The van der Waals surface area contributed by atoms with E-state index in [4.69, 9.17) is 5.73 Å². The molecule has 0 bridgehead atoms. The molecule has 2 N–H and O–H groups in total. The first kappa shape index (κ1) is 15.0. The summed E-state index contributed by atoms with van der Waals surface area (Å²) in [7, 11) is 3.46. The number of nitrogens with zero attached hydrogens (tertiary/aromatic N) is 1.